The van der Waals surface area contributed by atoms with Gasteiger partial charge in [-0.15, -0.1) is 11.3 Å². The average molecular weight is 260 g/mol. The van der Waals surface area contributed by atoms with Crippen molar-refractivity contribution < 1.29 is 9.90 Å². The van der Waals surface area contributed by atoms with Gasteiger partial charge in [0.25, 0.3) is 0 Å². The molecule has 0 aromatic carbocycles. The van der Waals surface area contributed by atoms with Gasteiger partial charge in [0, 0.05) is 29.8 Å². The second-order valence-electron chi connectivity index (χ2n) is 4.22. The molecule has 2 rings (SSSR count). The minimum absolute atomic E-state index is 0.293. The Hall–Kier alpha value is -0.580. The van der Waals surface area contributed by atoms with Crippen LogP contribution >= 0.6 is 22.9 Å². The fourth-order valence-electron chi connectivity index (χ4n) is 2.13. The van der Waals surface area contributed by atoms with E-state index in [4.69, 9.17) is 16.7 Å². The molecule has 0 saturated carbocycles. The van der Waals surface area contributed by atoms with Crippen molar-refractivity contribution in [3.63, 3.8) is 0 Å². The smallest absolute Gasteiger partial charge is 0.303 e. The van der Waals surface area contributed by atoms with Crippen LogP contribution in [0, 0.1) is 5.92 Å². The van der Waals surface area contributed by atoms with Gasteiger partial charge >= 0.3 is 5.97 Å². The van der Waals surface area contributed by atoms with E-state index < -0.39 is 5.97 Å². The van der Waals surface area contributed by atoms with Gasteiger partial charge < -0.3 is 5.11 Å². The van der Waals surface area contributed by atoms with Gasteiger partial charge in [0.05, 0.1) is 5.02 Å². The zero-order valence-electron chi connectivity index (χ0n) is 8.86. The Morgan fingerprint density at radius 2 is 2.50 bits per heavy atom. The van der Waals surface area contributed by atoms with E-state index in [9.17, 15) is 4.79 Å². The van der Waals surface area contributed by atoms with Crippen molar-refractivity contribution in [1.82, 2.24) is 4.90 Å². The number of carboxylic acids is 1. The Balaban J connectivity index is 1.82. The summed E-state index contributed by atoms with van der Waals surface area (Å²) in [5, 5.41) is 11.4. The zero-order valence-corrected chi connectivity index (χ0v) is 10.4. The summed E-state index contributed by atoms with van der Waals surface area (Å²) < 4.78 is 0. The molecule has 1 saturated heterocycles. The Bertz CT molecular complexity index is 380. The molecule has 1 aliphatic rings. The number of aliphatic carboxylic acids is 1. The normalized spacial score (nSPS) is 21.4. The van der Waals surface area contributed by atoms with Gasteiger partial charge in [0.1, 0.15) is 0 Å². The van der Waals surface area contributed by atoms with Crippen molar-refractivity contribution in [1.29, 1.82) is 0 Å². The molecular weight excluding hydrogens is 246 g/mol. The SMILES string of the molecule is O=C(O)CC1CCN(Cc2cc(Cl)cs2)C1. The van der Waals surface area contributed by atoms with E-state index in [0.29, 0.717) is 12.3 Å². The maximum atomic E-state index is 10.6. The molecule has 0 spiro atoms. The maximum absolute atomic E-state index is 10.6. The molecule has 0 amide bonds. The van der Waals surface area contributed by atoms with Gasteiger partial charge in [0.2, 0.25) is 0 Å². The lowest BCUT2D eigenvalue weighted by Crippen LogP contribution is -2.20. The molecular formula is C11H14ClNO2S. The third kappa shape index (κ3) is 3.20. The Kier molecular flexibility index (Phi) is 3.84. The molecule has 0 aliphatic carbocycles. The molecule has 1 aliphatic heterocycles. The summed E-state index contributed by atoms with van der Waals surface area (Å²) in [5.74, 6) is -0.376. The molecule has 3 nitrogen and oxygen atoms in total. The van der Waals surface area contributed by atoms with E-state index in [1.54, 1.807) is 11.3 Å². The number of rotatable bonds is 4. The number of nitrogens with zero attached hydrogens (tertiary/aromatic N) is 1. The largest absolute Gasteiger partial charge is 0.481 e. The third-order valence-corrected chi connectivity index (χ3v) is 4.10. The first-order valence-electron chi connectivity index (χ1n) is 5.30. The first-order chi connectivity index (χ1) is 7.63. The predicted molar refractivity (Wildman–Crippen MR) is 65.0 cm³/mol. The molecule has 1 N–H and O–H groups in total. The highest BCUT2D eigenvalue weighted by atomic mass is 35.5. The molecule has 1 unspecified atom stereocenters. The maximum Gasteiger partial charge on any atom is 0.303 e. The topological polar surface area (TPSA) is 40.5 Å². The van der Waals surface area contributed by atoms with E-state index in [-0.39, 0.29) is 0 Å². The fraction of sp³-hybridized carbons (Fsp3) is 0.545. The molecule has 0 radical (unpaired) electrons. The van der Waals surface area contributed by atoms with Crippen molar-refractivity contribution in [2.24, 2.45) is 5.92 Å². The number of hydrogen-bond donors (Lipinski definition) is 1. The monoisotopic (exact) mass is 259 g/mol. The number of likely N-dealkylation sites (tertiary alicyclic amines) is 1. The second kappa shape index (κ2) is 5.17. The number of halogens is 1. The van der Waals surface area contributed by atoms with E-state index in [1.807, 2.05) is 11.4 Å². The van der Waals surface area contributed by atoms with Gasteiger partial charge in [-0.25, -0.2) is 0 Å². The van der Waals surface area contributed by atoms with Gasteiger partial charge in [-0.3, -0.25) is 9.69 Å². The summed E-state index contributed by atoms with van der Waals surface area (Å²) in [6.45, 7) is 2.78. The molecule has 16 heavy (non-hydrogen) atoms. The van der Waals surface area contributed by atoms with Crippen LogP contribution in [-0.4, -0.2) is 29.1 Å². The summed E-state index contributed by atoms with van der Waals surface area (Å²) >= 11 is 7.52. The number of carbonyl (C=O) groups is 1. The van der Waals surface area contributed by atoms with Crippen LogP contribution in [0.25, 0.3) is 0 Å². The lowest BCUT2D eigenvalue weighted by molar-refractivity contribution is -0.138. The first kappa shape index (κ1) is 11.9. The molecule has 1 fully saturated rings. The summed E-state index contributed by atoms with van der Waals surface area (Å²) in [7, 11) is 0. The van der Waals surface area contributed by atoms with Crippen LogP contribution in [0.4, 0.5) is 0 Å². The standard InChI is InChI=1S/C11H14ClNO2S/c12-9-4-10(16-7-9)6-13-2-1-8(5-13)3-11(14)15/h4,7-8H,1-3,5-6H2,(H,14,15). The van der Waals surface area contributed by atoms with Crippen molar-refractivity contribution in [3.05, 3.63) is 21.3 Å². The summed E-state index contributed by atoms with van der Waals surface area (Å²) in [6.07, 6.45) is 1.28. The van der Waals surface area contributed by atoms with E-state index >= 15 is 0 Å². The van der Waals surface area contributed by atoms with Crippen LogP contribution in [0.5, 0.6) is 0 Å². The van der Waals surface area contributed by atoms with Crippen molar-refractivity contribution in [2.45, 2.75) is 19.4 Å². The van der Waals surface area contributed by atoms with E-state index in [0.717, 1.165) is 31.1 Å². The Labute approximate surface area is 104 Å². The van der Waals surface area contributed by atoms with Crippen LogP contribution in [0.3, 0.4) is 0 Å². The molecule has 1 atom stereocenters. The molecule has 5 heteroatoms. The first-order valence-corrected chi connectivity index (χ1v) is 6.56. The minimum Gasteiger partial charge on any atom is -0.481 e. The van der Waals surface area contributed by atoms with Crippen LogP contribution in [0.2, 0.25) is 5.02 Å². The minimum atomic E-state index is -0.689. The molecule has 1 aromatic heterocycles. The highest BCUT2D eigenvalue weighted by Crippen LogP contribution is 2.25. The number of thiophene rings is 1. The van der Waals surface area contributed by atoms with Crippen LogP contribution in [0.15, 0.2) is 11.4 Å². The number of hydrogen-bond acceptors (Lipinski definition) is 3. The third-order valence-electron chi connectivity index (χ3n) is 2.83. The average Bonchev–Trinajstić information content (AvgIpc) is 2.76. The van der Waals surface area contributed by atoms with Crippen LogP contribution < -0.4 is 0 Å². The quantitative estimate of drug-likeness (QED) is 0.904. The van der Waals surface area contributed by atoms with Crippen molar-refractivity contribution in [3.8, 4) is 0 Å². The molecule has 88 valence electrons. The van der Waals surface area contributed by atoms with Crippen molar-refractivity contribution >= 4 is 28.9 Å². The highest BCUT2D eigenvalue weighted by Gasteiger charge is 2.24. The molecule has 1 aromatic rings. The van der Waals surface area contributed by atoms with Crippen LogP contribution in [0.1, 0.15) is 17.7 Å². The van der Waals surface area contributed by atoms with E-state index in [1.165, 1.54) is 4.88 Å². The highest BCUT2D eigenvalue weighted by molar-refractivity contribution is 7.10. The van der Waals surface area contributed by atoms with Gasteiger partial charge in [0.15, 0.2) is 0 Å². The summed E-state index contributed by atoms with van der Waals surface area (Å²) in [6, 6.07) is 1.98. The second-order valence-corrected chi connectivity index (χ2v) is 5.65. The van der Waals surface area contributed by atoms with Crippen molar-refractivity contribution in [2.75, 3.05) is 13.1 Å². The lowest BCUT2D eigenvalue weighted by atomic mass is 10.1. The lowest BCUT2D eigenvalue weighted by Gasteiger charge is -2.13. The van der Waals surface area contributed by atoms with Crippen LogP contribution in [-0.2, 0) is 11.3 Å². The zero-order chi connectivity index (χ0) is 11.5. The van der Waals surface area contributed by atoms with Gasteiger partial charge in [-0.2, -0.15) is 0 Å². The summed E-state index contributed by atoms with van der Waals surface area (Å²) in [5.41, 5.74) is 0. The number of carboxylic acid groups (broad SMARTS) is 1. The molecule has 2 heterocycles. The van der Waals surface area contributed by atoms with E-state index in [2.05, 4.69) is 4.90 Å². The Morgan fingerprint density at radius 1 is 1.69 bits per heavy atom. The summed E-state index contributed by atoms with van der Waals surface area (Å²) in [4.78, 5) is 14.1. The predicted octanol–water partition coefficient (Wildman–Crippen LogP) is 2.70. The van der Waals surface area contributed by atoms with Gasteiger partial charge in [-0.1, -0.05) is 11.6 Å². The molecule has 0 bridgehead atoms. The fourth-order valence-corrected chi connectivity index (χ4v) is 3.24. The Morgan fingerprint density at radius 3 is 3.12 bits per heavy atom. The van der Waals surface area contributed by atoms with Gasteiger partial charge in [-0.05, 0) is 24.9 Å².